The second-order valence-electron chi connectivity index (χ2n) is 4.12. The van der Waals surface area contributed by atoms with E-state index in [1.165, 1.54) is 18.3 Å². The molecule has 21 heavy (non-hydrogen) atoms. The highest BCUT2D eigenvalue weighted by molar-refractivity contribution is 7.92. The van der Waals surface area contributed by atoms with Crippen molar-refractivity contribution >= 4 is 15.8 Å². The van der Waals surface area contributed by atoms with Crippen LogP contribution in [0.25, 0.3) is 0 Å². The van der Waals surface area contributed by atoms with Crippen LogP contribution < -0.4 is 4.72 Å². The summed E-state index contributed by atoms with van der Waals surface area (Å²) in [7, 11) is -3.66. The van der Waals surface area contributed by atoms with Crippen LogP contribution in [0.1, 0.15) is 12.0 Å². The number of aliphatic hydroxyl groups excluding tert-OH is 1. The van der Waals surface area contributed by atoms with Crippen molar-refractivity contribution < 1.29 is 13.5 Å². The monoisotopic (exact) mass is 302 g/mol. The van der Waals surface area contributed by atoms with Crippen LogP contribution in [0.2, 0.25) is 0 Å². The topological polar surface area (TPSA) is 79.3 Å². The minimum absolute atomic E-state index is 0.00740. The molecule has 5 nitrogen and oxygen atoms in total. The van der Waals surface area contributed by atoms with Gasteiger partial charge in [-0.25, -0.2) is 13.4 Å². The van der Waals surface area contributed by atoms with E-state index in [0.29, 0.717) is 12.0 Å². The molecule has 1 aromatic heterocycles. The van der Waals surface area contributed by atoms with Crippen LogP contribution in [-0.4, -0.2) is 25.1 Å². The molecule has 0 bridgehead atoms. The van der Waals surface area contributed by atoms with E-state index in [-0.39, 0.29) is 17.3 Å². The van der Waals surface area contributed by atoms with Crippen LogP contribution in [0.4, 0.5) is 5.82 Å². The lowest BCUT2D eigenvalue weighted by atomic mass is 10.2. The first-order valence-electron chi connectivity index (χ1n) is 6.25. The van der Waals surface area contributed by atoms with Gasteiger partial charge in [0.15, 0.2) is 0 Å². The fraction of sp³-hybridized carbons (Fsp3) is 0.133. The first kappa shape index (κ1) is 15.0. The maximum Gasteiger partial charge on any atom is 0.263 e. The van der Waals surface area contributed by atoms with Gasteiger partial charge in [0.1, 0.15) is 5.82 Å². The fourth-order valence-electron chi connectivity index (χ4n) is 1.56. The summed E-state index contributed by atoms with van der Waals surface area (Å²) in [5.74, 6) is 5.88. The molecule has 2 N–H and O–H groups in total. The molecule has 2 rings (SSSR count). The van der Waals surface area contributed by atoms with E-state index in [1.807, 2.05) is 0 Å². The number of pyridine rings is 1. The molecule has 2 aromatic rings. The summed E-state index contributed by atoms with van der Waals surface area (Å²) >= 11 is 0. The fourth-order valence-corrected chi connectivity index (χ4v) is 2.57. The molecule has 0 amide bonds. The zero-order valence-corrected chi connectivity index (χ0v) is 12.0. The van der Waals surface area contributed by atoms with Crippen LogP contribution in [0.3, 0.4) is 0 Å². The van der Waals surface area contributed by atoms with Gasteiger partial charge in [-0.15, -0.1) is 0 Å². The van der Waals surface area contributed by atoms with Crippen molar-refractivity contribution in [3.8, 4) is 11.8 Å². The second-order valence-corrected chi connectivity index (χ2v) is 5.80. The molecule has 0 spiro atoms. The molecule has 0 aliphatic carbocycles. The van der Waals surface area contributed by atoms with E-state index in [0.717, 1.165) is 0 Å². The summed E-state index contributed by atoms with van der Waals surface area (Å²) in [6.07, 6.45) is 1.90. The van der Waals surface area contributed by atoms with Crippen molar-refractivity contribution in [2.75, 3.05) is 11.3 Å². The van der Waals surface area contributed by atoms with Crippen molar-refractivity contribution in [3.05, 3.63) is 54.2 Å². The average molecular weight is 302 g/mol. The SMILES string of the molecule is O=S(=O)(Nc1ccccn1)c1ccc(C#CCCO)cc1. The van der Waals surface area contributed by atoms with Crippen LogP contribution in [0, 0.1) is 11.8 Å². The first-order chi connectivity index (χ1) is 10.1. The van der Waals surface area contributed by atoms with Crippen molar-refractivity contribution in [1.29, 1.82) is 0 Å². The van der Waals surface area contributed by atoms with Crippen LogP contribution in [-0.2, 0) is 10.0 Å². The van der Waals surface area contributed by atoms with Crippen molar-refractivity contribution in [3.63, 3.8) is 0 Å². The van der Waals surface area contributed by atoms with Gasteiger partial charge < -0.3 is 5.11 Å². The zero-order chi connectivity index (χ0) is 15.1. The third kappa shape index (κ3) is 4.31. The summed E-state index contributed by atoms with van der Waals surface area (Å²) < 4.78 is 26.7. The smallest absolute Gasteiger partial charge is 0.263 e. The number of anilines is 1. The number of benzene rings is 1. The van der Waals surface area contributed by atoms with E-state index < -0.39 is 10.0 Å². The molecule has 0 atom stereocenters. The highest BCUT2D eigenvalue weighted by Crippen LogP contribution is 2.14. The number of rotatable bonds is 4. The van der Waals surface area contributed by atoms with E-state index >= 15 is 0 Å². The lowest BCUT2D eigenvalue weighted by Crippen LogP contribution is -2.13. The molecular formula is C15H14N2O3S. The quantitative estimate of drug-likeness (QED) is 0.841. The molecule has 108 valence electrons. The van der Waals surface area contributed by atoms with Gasteiger partial charge in [-0.05, 0) is 36.4 Å². The Morgan fingerprint density at radius 3 is 2.52 bits per heavy atom. The number of nitrogens with zero attached hydrogens (tertiary/aromatic N) is 1. The third-order valence-corrected chi connectivity index (χ3v) is 3.91. The Kier molecular flexibility index (Phi) is 4.93. The Morgan fingerprint density at radius 2 is 1.90 bits per heavy atom. The summed E-state index contributed by atoms with van der Waals surface area (Å²) in [6.45, 7) is 0.00740. The predicted molar refractivity (Wildman–Crippen MR) is 80.1 cm³/mol. The molecule has 0 fully saturated rings. The summed E-state index contributed by atoms with van der Waals surface area (Å²) in [5.41, 5.74) is 0.695. The predicted octanol–water partition coefficient (Wildman–Crippen LogP) is 1.62. The molecule has 0 saturated carbocycles. The van der Waals surface area contributed by atoms with Gasteiger partial charge in [0.05, 0.1) is 11.5 Å². The zero-order valence-electron chi connectivity index (χ0n) is 11.2. The standard InChI is InChI=1S/C15H14N2O3S/c18-12-4-2-5-13-7-9-14(10-8-13)21(19,20)17-15-6-1-3-11-16-15/h1,3,6-11,18H,4,12H2,(H,16,17). The van der Waals surface area contributed by atoms with Crippen molar-refractivity contribution in [2.24, 2.45) is 0 Å². The molecule has 0 aliphatic heterocycles. The number of aromatic nitrogens is 1. The molecule has 1 heterocycles. The molecule has 6 heteroatoms. The maximum atomic E-state index is 12.2. The molecule has 0 saturated heterocycles. The van der Waals surface area contributed by atoms with Gasteiger partial charge >= 0.3 is 0 Å². The van der Waals surface area contributed by atoms with E-state index in [2.05, 4.69) is 21.5 Å². The summed E-state index contributed by atoms with van der Waals surface area (Å²) in [6, 6.07) is 11.2. The Hall–Kier alpha value is -2.36. The Labute approximate surface area is 123 Å². The van der Waals surface area contributed by atoms with Gasteiger partial charge in [-0.3, -0.25) is 4.72 Å². The Bertz CT molecular complexity index is 745. The lowest BCUT2D eigenvalue weighted by molar-refractivity contribution is 0.305. The van der Waals surface area contributed by atoms with Crippen LogP contribution in [0.15, 0.2) is 53.6 Å². The van der Waals surface area contributed by atoms with Gasteiger partial charge in [0.2, 0.25) is 0 Å². The van der Waals surface area contributed by atoms with Crippen molar-refractivity contribution in [2.45, 2.75) is 11.3 Å². The average Bonchev–Trinajstić information content (AvgIpc) is 2.49. The molecular weight excluding hydrogens is 288 g/mol. The minimum atomic E-state index is -3.66. The van der Waals surface area contributed by atoms with Gasteiger partial charge in [0, 0.05) is 18.2 Å². The van der Waals surface area contributed by atoms with E-state index in [1.54, 1.807) is 30.3 Å². The molecule has 0 aliphatic rings. The second kappa shape index (κ2) is 6.88. The van der Waals surface area contributed by atoms with Crippen LogP contribution >= 0.6 is 0 Å². The highest BCUT2D eigenvalue weighted by atomic mass is 32.2. The number of nitrogens with one attached hydrogen (secondary N) is 1. The summed E-state index contributed by atoms with van der Waals surface area (Å²) in [5, 5.41) is 8.64. The van der Waals surface area contributed by atoms with Gasteiger partial charge in [-0.1, -0.05) is 17.9 Å². The normalized spacial score (nSPS) is 10.5. The van der Waals surface area contributed by atoms with E-state index in [4.69, 9.17) is 5.11 Å². The Balaban J connectivity index is 2.16. The number of hydrogen-bond acceptors (Lipinski definition) is 4. The molecule has 0 unspecified atom stereocenters. The number of hydrogen-bond donors (Lipinski definition) is 2. The van der Waals surface area contributed by atoms with E-state index in [9.17, 15) is 8.42 Å². The first-order valence-corrected chi connectivity index (χ1v) is 7.74. The van der Waals surface area contributed by atoms with Crippen LogP contribution in [0.5, 0.6) is 0 Å². The van der Waals surface area contributed by atoms with Gasteiger partial charge in [0.25, 0.3) is 10.0 Å². The van der Waals surface area contributed by atoms with Crippen molar-refractivity contribution in [1.82, 2.24) is 4.98 Å². The Morgan fingerprint density at radius 1 is 1.14 bits per heavy atom. The highest BCUT2D eigenvalue weighted by Gasteiger charge is 2.14. The summed E-state index contributed by atoms with van der Waals surface area (Å²) in [4.78, 5) is 4.06. The molecule has 0 radical (unpaired) electrons. The molecule has 1 aromatic carbocycles. The number of sulfonamides is 1. The largest absolute Gasteiger partial charge is 0.395 e. The lowest BCUT2D eigenvalue weighted by Gasteiger charge is -2.06. The van der Waals surface area contributed by atoms with Gasteiger partial charge in [-0.2, -0.15) is 0 Å². The third-order valence-electron chi connectivity index (χ3n) is 2.54. The number of aliphatic hydroxyl groups is 1. The minimum Gasteiger partial charge on any atom is -0.395 e. The maximum absolute atomic E-state index is 12.2.